The number of aromatic nitrogens is 1. The van der Waals surface area contributed by atoms with Gasteiger partial charge >= 0.3 is 0 Å². The fraction of sp³-hybridized carbons (Fsp3) is 0.412. The summed E-state index contributed by atoms with van der Waals surface area (Å²) in [7, 11) is 1.66. The van der Waals surface area contributed by atoms with Gasteiger partial charge in [-0.2, -0.15) is 5.26 Å². The van der Waals surface area contributed by atoms with Crippen molar-refractivity contribution in [2.45, 2.75) is 26.7 Å². The van der Waals surface area contributed by atoms with Gasteiger partial charge in [0.05, 0.1) is 18.7 Å². The molecule has 4 nitrogen and oxygen atoms in total. The third-order valence-electron chi connectivity index (χ3n) is 3.65. The number of ether oxygens (including phenoxy) is 1. The number of nitriles is 1. The van der Waals surface area contributed by atoms with Crippen LogP contribution in [0.4, 0.5) is 5.82 Å². The van der Waals surface area contributed by atoms with E-state index in [4.69, 9.17) is 15.0 Å². The molecule has 0 saturated heterocycles. The largest absolute Gasteiger partial charge is 0.497 e. The lowest BCUT2D eigenvalue weighted by atomic mass is 10.1. The Balaban J connectivity index is 2.56. The predicted molar refractivity (Wildman–Crippen MR) is 85.8 cm³/mol. The Morgan fingerprint density at radius 1 is 1.24 bits per heavy atom. The molecule has 21 heavy (non-hydrogen) atoms. The van der Waals surface area contributed by atoms with Crippen molar-refractivity contribution in [3.8, 4) is 11.8 Å². The average molecular weight is 283 g/mol. The molecule has 0 fully saturated rings. The molecule has 0 unspecified atom stereocenters. The van der Waals surface area contributed by atoms with Gasteiger partial charge in [0.15, 0.2) is 0 Å². The summed E-state index contributed by atoms with van der Waals surface area (Å²) in [4.78, 5) is 7.04. The molecule has 0 atom stereocenters. The first-order valence-electron chi connectivity index (χ1n) is 7.33. The van der Waals surface area contributed by atoms with Gasteiger partial charge in [-0.05, 0) is 44.0 Å². The third-order valence-corrected chi connectivity index (χ3v) is 3.65. The molecule has 4 heteroatoms. The molecule has 0 bridgehead atoms. The van der Waals surface area contributed by atoms with E-state index in [1.165, 1.54) is 0 Å². The van der Waals surface area contributed by atoms with Gasteiger partial charge in [0.25, 0.3) is 0 Å². The van der Waals surface area contributed by atoms with Gasteiger partial charge < -0.3 is 9.64 Å². The van der Waals surface area contributed by atoms with E-state index in [9.17, 15) is 0 Å². The molecule has 2 rings (SSSR count). The first kappa shape index (κ1) is 15.1. The number of pyridine rings is 1. The number of rotatable bonds is 6. The minimum Gasteiger partial charge on any atom is -0.497 e. The summed E-state index contributed by atoms with van der Waals surface area (Å²) in [5, 5.41) is 9.94. The minimum absolute atomic E-state index is 0.512. The van der Waals surface area contributed by atoms with Crippen LogP contribution in [0.25, 0.3) is 10.9 Å². The fourth-order valence-corrected chi connectivity index (χ4v) is 2.48. The van der Waals surface area contributed by atoms with Crippen molar-refractivity contribution in [3.63, 3.8) is 0 Å². The Kier molecular flexibility index (Phi) is 4.99. The Morgan fingerprint density at radius 2 is 2.00 bits per heavy atom. The van der Waals surface area contributed by atoms with Crippen LogP contribution in [0, 0.1) is 11.3 Å². The Hall–Kier alpha value is -2.28. The van der Waals surface area contributed by atoms with Crippen LogP contribution >= 0.6 is 0 Å². The number of anilines is 1. The van der Waals surface area contributed by atoms with E-state index in [0.717, 1.165) is 47.5 Å². The van der Waals surface area contributed by atoms with E-state index in [1.54, 1.807) is 7.11 Å². The zero-order valence-corrected chi connectivity index (χ0v) is 12.9. The van der Waals surface area contributed by atoms with Crippen LogP contribution in [-0.4, -0.2) is 25.2 Å². The lowest BCUT2D eigenvalue weighted by Gasteiger charge is -2.23. The van der Waals surface area contributed by atoms with E-state index >= 15 is 0 Å². The fourth-order valence-electron chi connectivity index (χ4n) is 2.48. The number of fused-ring (bicyclic) bond motifs is 1. The van der Waals surface area contributed by atoms with Gasteiger partial charge in [-0.1, -0.05) is 0 Å². The number of hydrogen-bond acceptors (Lipinski definition) is 4. The highest BCUT2D eigenvalue weighted by Crippen LogP contribution is 2.27. The maximum atomic E-state index is 8.85. The maximum Gasteiger partial charge on any atom is 0.132 e. The van der Waals surface area contributed by atoms with E-state index in [-0.39, 0.29) is 0 Å². The van der Waals surface area contributed by atoms with Gasteiger partial charge in [0, 0.05) is 31.0 Å². The first-order chi connectivity index (χ1) is 10.2. The molecule has 0 aliphatic heterocycles. The summed E-state index contributed by atoms with van der Waals surface area (Å²) < 4.78 is 5.27. The van der Waals surface area contributed by atoms with E-state index in [1.807, 2.05) is 18.2 Å². The highest BCUT2D eigenvalue weighted by atomic mass is 16.5. The second kappa shape index (κ2) is 6.94. The van der Waals surface area contributed by atoms with Crippen LogP contribution in [0.3, 0.4) is 0 Å². The topological polar surface area (TPSA) is 49.2 Å². The summed E-state index contributed by atoms with van der Waals surface area (Å²) in [5.41, 5.74) is 2.06. The number of benzene rings is 1. The highest BCUT2D eigenvalue weighted by molar-refractivity contribution is 5.83. The lowest BCUT2D eigenvalue weighted by Crippen LogP contribution is -2.24. The van der Waals surface area contributed by atoms with Gasteiger partial charge in [-0.15, -0.1) is 0 Å². The van der Waals surface area contributed by atoms with E-state index in [0.29, 0.717) is 6.42 Å². The van der Waals surface area contributed by atoms with Gasteiger partial charge in [0.1, 0.15) is 11.6 Å². The van der Waals surface area contributed by atoms with Gasteiger partial charge in [-0.3, -0.25) is 0 Å². The summed E-state index contributed by atoms with van der Waals surface area (Å²) >= 11 is 0. The van der Waals surface area contributed by atoms with Crippen molar-refractivity contribution in [1.82, 2.24) is 4.98 Å². The summed E-state index contributed by atoms with van der Waals surface area (Å²) in [5.74, 6) is 1.79. The molecule has 0 N–H and O–H groups in total. The number of aryl methyl sites for hydroxylation is 1. The molecule has 0 amide bonds. The van der Waals surface area contributed by atoms with Crippen molar-refractivity contribution in [2.75, 3.05) is 25.1 Å². The summed E-state index contributed by atoms with van der Waals surface area (Å²) in [6, 6.07) is 10.3. The van der Waals surface area contributed by atoms with Crippen LogP contribution in [0.2, 0.25) is 0 Å². The van der Waals surface area contributed by atoms with Crippen LogP contribution in [0.15, 0.2) is 24.3 Å². The monoisotopic (exact) mass is 283 g/mol. The molecule has 0 aliphatic rings. The summed E-state index contributed by atoms with van der Waals surface area (Å²) in [6.45, 7) is 6.04. The molecule has 2 aromatic rings. The van der Waals surface area contributed by atoms with Crippen molar-refractivity contribution in [1.29, 1.82) is 5.26 Å². The van der Waals surface area contributed by atoms with Gasteiger partial charge in [0.2, 0.25) is 0 Å². The quantitative estimate of drug-likeness (QED) is 0.813. The highest BCUT2D eigenvalue weighted by Gasteiger charge is 2.12. The van der Waals surface area contributed by atoms with Crippen LogP contribution < -0.4 is 9.64 Å². The standard InChI is InChI=1S/C17H21N3O/c1-4-20(5-2)17-14(7-6-10-18)11-13-8-9-15(21-3)12-16(13)19-17/h8-9,11-12H,4-7H2,1-3H3. The second-order valence-electron chi connectivity index (χ2n) is 4.86. The zero-order chi connectivity index (χ0) is 15.2. The molecule has 0 spiro atoms. The maximum absolute atomic E-state index is 8.85. The number of hydrogen-bond donors (Lipinski definition) is 0. The Bertz CT molecular complexity index is 657. The Morgan fingerprint density at radius 3 is 2.62 bits per heavy atom. The van der Waals surface area contributed by atoms with Crippen LogP contribution in [-0.2, 0) is 6.42 Å². The molecule has 0 aliphatic carbocycles. The minimum atomic E-state index is 0.512. The Labute approximate surface area is 126 Å². The van der Waals surface area contributed by atoms with Crippen LogP contribution in [0.1, 0.15) is 25.8 Å². The number of methoxy groups -OCH3 is 1. The van der Waals surface area contributed by atoms with Crippen molar-refractivity contribution in [3.05, 3.63) is 29.8 Å². The molecule has 110 valence electrons. The van der Waals surface area contributed by atoms with Crippen molar-refractivity contribution >= 4 is 16.7 Å². The smallest absolute Gasteiger partial charge is 0.132 e. The summed E-state index contributed by atoms with van der Waals surface area (Å²) in [6.07, 6.45) is 1.24. The molecule has 0 saturated carbocycles. The molecule has 0 radical (unpaired) electrons. The lowest BCUT2D eigenvalue weighted by molar-refractivity contribution is 0.415. The zero-order valence-electron chi connectivity index (χ0n) is 12.9. The predicted octanol–water partition coefficient (Wildman–Crippen LogP) is 3.55. The van der Waals surface area contributed by atoms with Crippen LogP contribution in [0.5, 0.6) is 5.75 Å². The van der Waals surface area contributed by atoms with E-state index < -0.39 is 0 Å². The SMILES string of the molecule is CCN(CC)c1nc2cc(OC)ccc2cc1CCC#N. The second-order valence-corrected chi connectivity index (χ2v) is 4.86. The van der Waals surface area contributed by atoms with Crippen molar-refractivity contribution < 1.29 is 4.74 Å². The number of nitrogens with zero attached hydrogens (tertiary/aromatic N) is 3. The molecular formula is C17H21N3O. The molecule has 1 aromatic heterocycles. The third kappa shape index (κ3) is 3.25. The normalized spacial score (nSPS) is 10.4. The van der Waals surface area contributed by atoms with Crippen molar-refractivity contribution in [2.24, 2.45) is 0 Å². The molecule has 1 aromatic carbocycles. The molecule has 1 heterocycles. The van der Waals surface area contributed by atoms with Gasteiger partial charge in [-0.25, -0.2) is 4.98 Å². The average Bonchev–Trinajstić information content (AvgIpc) is 2.53. The first-order valence-corrected chi connectivity index (χ1v) is 7.33. The van der Waals surface area contributed by atoms with E-state index in [2.05, 4.69) is 30.9 Å². The molecular weight excluding hydrogens is 262 g/mol.